The molecular weight excluding hydrogens is 250 g/mol. The molecule has 1 fully saturated rings. The van der Waals surface area contributed by atoms with E-state index in [4.69, 9.17) is 17.3 Å². The number of carbonyl (C=O) groups is 1. The molecule has 1 saturated heterocycles. The third kappa shape index (κ3) is 2.29. The van der Waals surface area contributed by atoms with E-state index in [0.29, 0.717) is 22.4 Å². The standard InChI is InChI=1S/C13H18ClN3O/c1-3-9-5-4-8(2)17(9)13(18)10-6-12(14)16-7-11(10)15/h6-9H,3-5,15H2,1-2H3. The topological polar surface area (TPSA) is 59.2 Å². The summed E-state index contributed by atoms with van der Waals surface area (Å²) < 4.78 is 0. The number of hydrogen-bond donors (Lipinski definition) is 1. The smallest absolute Gasteiger partial charge is 0.256 e. The molecule has 2 N–H and O–H groups in total. The summed E-state index contributed by atoms with van der Waals surface area (Å²) in [5.41, 5.74) is 6.67. The summed E-state index contributed by atoms with van der Waals surface area (Å²) in [5, 5.41) is 0.299. The number of hydrogen-bond acceptors (Lipinski definition) is 3. The number of nitrogens with two attached hydrogens (primary N) is 1. The van der Waals surface area contributed by atoms with E-state index in [1.165, 1.54) is 6.20 Å². The van der Waals surface area contributed by atoms with E-state index in [-0.39, 0.29) is 11.9 Å². The third-order valence-electron chi connectivity index (χ3n) is 3.62. The molecule has 2 atom stereocenters. The van der Waals surface area contributed by atoms with Gasteiger partial charge >= 0.3 is 0 Å². The van der Waals surface area contributed by atoms with Gasteiger partial charge in [0.1, 0.15) is 5.15 Å². The van der Waals surface area contributed by atoms with Crippen LogP contribution in [-0.4, -0.2) is 27.9 Å². The SMILES string of the molecule is CCC1CCC(C)N1C(=O)c1cc(Cl)ncc1N. The normalized spacial score (nSPS) is 23.4. The fraction of sp³-hybridized carbons (Fsp3) is 0.538. The summed E-state index contributed by atoms with van der Waals surface area (Å²) >= 11 is 5.84. The van der Waals surface area contributed by atoms with Gasteiger partial charge in [-0.1, -0.05) is 18.5 Å². The molecule has 1 aromatic rings. The maximum Gasteiger partial charge on any atom is 0.256 e. The van der Waals surface area contributed by atoms with Crippen molar-refractivity contribution in [2.75, 3.05) is 5.73 Å². The summed E-state index contributed by atoms with van der Waals surface area (Å²) in [4.78, 5) is 18.4. The fourth-order valence-corrected chi connectivity index (χ4v) is 2.76. The summed E-state index contributed by atoms with van der Waals surface area (Å²) in [6.07, 6.45) is 4.51. The molecule has 1 aromatic heterocycles. The minimum absolute atomic E-state index is 0.0337. The van der Waals surface area contributed by atoms with Crippen LogP contribution >= 0.6 is 11.6 Å². The van der Waals surface area contributed by atoms with Gasteiger partial charge in [0.15, 0.2) is 0 Å². The Morgan fingerprint density at radius 1 is 1.61 bits per heavy atom. The Bertz CT molecular complexity index is 464. The van der Waals surface area contributed by atoms with Crippen molar-refractivity contribution < 1.29 is 4.79 Å². The first kappa shape index (κ1) is 13.1. The quantitative estimate of drug-likeness (QED) is 0.838. The van der Waals surface area contributed by atoms with E-state index >= 15 is 0 Å². The highest BCUT2D eigenvalue weighted by Crippen LogP contribution is 2.29. The number of amides is 1. The molecule has 1 aliphatic heterocycles. The highest BCUT2D eigenvalue weighted by atomic mass is 35.5. The number of halogens is 1. The van der Waals surface area contributed by atoms with Crippen LogP contribution in [0.25, 0.3) is 0 Å². The minimum Gasteiger partial charge on any atom is -0.397 e. The van der Waals surface area contributed by atoms with Gasteiger partial charge in [-0.25, -0.2) is 4.98 Å². The van der Waals surface area contributed by atoms with Gasteiger partial charge < -0.3 is 10.6 Å². The van der Waals surface area contributed by atoms with Crippen LogP contribution in [-0.2, 0) is 0 Å². The lowest BCUT2D eigenvalue weighted by Crippen LogP contribution is -2.40. The number of rotatable bonds is 2. The number of anilines is 1. The summed E-state index contributed by atoms with van der Waals surface area (Å²) in [5.74, 6) is -0.0337. The Balaban J connectivity index is 2.32. The predicted octanol–water partition coefficient (Wildman–Crippen LogP) is 2.72. The van der Waals surface area contributed by atoms with Gasteiger partial charge in [0.05, 0.1) is 17.4 Å². The maximum absolute atomic E-state index is 12.6. The molecule has 1 amide bonds. The largest absolute Gasteiger partial charge is 0.397 e. The van der Waals surface area contributed by atoms with Crippen molar-refractivity contribution in [2.45, 2.75) is 45.2 Å². The highest BCUT2D eigenvalue weighted by Gasteiger charge is 2.34. The van der Waals surface area contributed by atoms with Gasteiger partial charge in [-0.05, 0) is 32.3 Å². The molecule has 2 heterocycles. The summed E-state index contributed by atoms with van der Waals surface area (Å²) in [6.45, 7) is 4.18. The molecule has 98 valence electrons. The lowest BCUT2D eigenvalue weighted by molar-refractivity contribution is 0.0677. The Morgan fingerprint density at radius 2 is 2.33 bits per heavy atom. The lowest BCUT2D eigenvalue weighted by Gasteiger charge is -2.28. The average molecular weight is 268 g/mol. The molecule has 0 radical (unpaired) electrons. The molecule has 1 aliphatic rings. The Morgan fingerprint density at radius 3 is 3.00 bits per heavy atom. The van der Waals surface area contributed by atoms with Crippen molar-refractivity contribution in [1.82, 2.24) is 9.88 Å². The molecule has 2 unspecified atom stereocenters. The maximum atomic E-state index is 12.6. The number of nitrogen functional groups attached to an aromatic ring is 1. The van der Waals surface area contributed by atoms with Crippen molar-refractivity contribution in [2.24, 2.45) is 0 Å². The molecule has 0 bridgehead atoms. The van der Waals surface area contributed by atoms with Crippen LogP contribution in [0.3, 0.4) is 0 Å². The Labute approximate surface area is 112 Å². The van der Waals surface area contributed by atoms with Crippen LogP contribution in [0.1, 0.15) is 43.5 Å². The van der Waals surface area contributed by atoms with Crippen molar-refractivity contribution >= 4 is 23.2 Å². The first-order chi connectivity index (χ1) is 8.54. The molecule has 0 saturated carbocycles. The minimum atomic E-state index is -0.0337. The van der Waals surface area contributed by atoms with Crippen molar-refractivity contribution in [3.8, 4) is 0 Å². The van der Waals surface area contributed by atoms with Gasteiger partial charge in [0.25, 0.3) is 5.91 Å². The highest BCUT2D eigenvalue weighted by molar-refractivity contribution is 6.29. The predicted molar refractivity (Wildman–Crippen MR) is 72.6 cm³/mol. The second-order valence-corrected chi connectivity index (χ2v) is 5.18. The van der Waals surface area contributed by atoms with Crippen molar-refractivity contribution in [3.63, 3.8) is 0 Å². The summed E-state index contributed by atoms with van der Waals surface area (Å²) in [7, 11) is 0. The number of pyridine rings is 1. The second kappa shape index (κ2) is 5.14. The molecule has 4 nitrogen and oxygen atoms in total. The van der Waals surface area contributed by atoms with Crippen LogP contribution in [0.2, 0.25) is 5.15 Å². The van der Waals surface area contributed by atoms with Gasteiger partial charge in [-0.3, -0.25) is 4.79 Å². The van der Waals surface area contributed by atoms with E-state index < -0.39 is 0 Å². The van der Waals surface area contributed by atoms with Crippen LogP contribution in [0.15, 0.2) is 12.3 Å². The number of likely N-dealkylation sites (tertiary alicyclic amines) is 1. The first-order valence-corrected chi connectivity index (χ1v) is 6.66. The van der Waals surface area contributed by atoms with E-state index in [1.54, 1.807) is 6.07 Å². The van der Waals surface area contributed by atoms with Gasteiger partial charge in [0.2, 0.25) is 0 Å². The van der Waals surface area contributed by atoms with Gasteiger partial charge in [0, 0.05) is 12.1 Å². The number of carbonyl (C=O) groups excluding carboxylic acids is 1. The molecular formula is C13H18ClN3O. The zero-order valence-corrected chi connectivity index (χ0v) is 11.4. The zero-order valence-electron chi connectivity index (χ0n) is 10.7. The van der Waals surface area contributed by atoms with Crippen LogP contribution < -0.4 is 5.73 Å². The molecule has 18 heavy (non-hydrogen) atoms. The molecule has 0 aliphatic carbocycles. The summed E-state index contributed by atoms with van der Waals surface area (Å²) in [6, 6.07) is 2.12. The van der Waals surface area contributed by atoms with Gasteiger partial charge in [-0.2, -0.15) is 0 Å². The van der Waals surface area contributed by atoms with Gasteiger partial charge in [-0.15, -0.1) is 0 Å². The molecule has 5 heteroatoms. The number of aromatic nitrogens is 1. The monoisotopic (exact) mass is 267 g/mol. The van der Waals surface area contributed by atoms with E-state index in [9.17, 15) is 4.79 Å². The van der Waals surface area contributed by atoms with E-state index in [0.717, 1.165) is 19.3 Å². The van der Waals surface area contributed by atoms with Crippen LogP contribution in [0, 0.1) is 0 Å². The lowest BCUT2D eigenvalue weighted by atomic mass is 10.1. The number of nitrogens with zero attached hydrogens (tertiary/aromatic N) is 2. The first-order valence-electron chi connectivity index (χ1n) is 6.28. The average Bonchev–Trinajstić information content (AvgIpc) is 2.72. The van der Waals surface area contributed by atoms with Crippen molar-refractivity contribution in [3.05, 3.63) is 23.0 Å². The fourth-order valence-electron chi connectivity index (χ4n) is 2.60. The molecule has 0 spiro atoms. The van der Waals surface area contributed by atoms with E-state index in [2.05, 4.69) is 18.8 Å². The van der Waals surface area contributed by atoms with Crippen molar-refractivity contribution in [1.29, 1.82) is 0 Å². The molecule has 2 rings (SSSR count). The molecule has 0 aromatic carbocycles. The Kier molecular flexibility index (Phi) is 3.76. The van der Waals surface area contributed by atoms with E-state index in [1.807, 2.05) is 4.90 Å². The zero-order chi connectivity index (χ0) is 13.3. The Hall–Kier alpha value is -1.29. The second-order valence-electron chi connectivity index (χ2n) is 4.80. The van der Waals surface area contributed by atoms with Crippen LogP contribution in [0.5, 0.6) is 0 Å². The third-order valence-corrected chi connectivity index (χ3v) is 3.83. The van der Waals surface area contributed by atoms with Crippen LogP contribution in [0.4, 0.5) is 5.69 Å².